The van der Waals surface area contributed by atoms with Gasteiger partial charge in [0.15, 0.2) is 0 Å². The van der Waals surface area contributed by atoms with Gasteiger partial charge in [-0.05, 0) is 54.2 Å². The Morgan fingerprint density at radius 1 is 1.29 bits per heavy atom. The number of carbonyl (C=O) groups is 1. The molecule has 1 aliphatic carbocycles. The second-order valence-corrected chi connectivity index (χ2v) is 6.99. The number of carboxylic acids is 1. The number of carboxylic acid groups (broad SMARTS) is 1. The maximum atomic E-state index is 11.7. The maximum absolute atomic E-state index is 11.7. The monoisotopic (exact) mass is 339 g/mol. The van der Waals surface area contributed by atoms with Crippen LogP contribution in [0.1, 0.15) is 45.4 Å². The molecule has 1 heterocycles. The van der Waals surface area contributed by atoms with Crippen LogP contribution in [0.15, 0.2) is 48.6 Å². The van der Waals surface area contributed by atoms with Crippen LogP contribution < -0.4 is 5.32 Å². The number of halogens is 1. The molecule has 0 amide bonds. The second kappa shape index (κ2) is 5.67. The van der Waals surface area contributed by atoms with Crippen molar-refractivity contribution >= 4 is 23.3 Å². The van der Waals surface area contributed by atoms with Gasteiger partial charge < -0.3 is 10.4 Å². The van der Waals surface area contributed by atoms with Gasteiger partial charge in [-0.3, -0.25) is 0 Å². The first kappa shape index (κ1) is 15.3. The molecule has 2 aromatic rings. The van der Waals surface area contributed by atoms with Gasteiger partial charge in [-0.1, -0.05) is 42.0 Å². The molecule has 4 heteroatoms. The molecule has 0 radical (unpaired) electrons. The normalized spacial score (nSPS) is 24.2. The summed E-state index contributed by atoms with van der Waals surface area (Å²) in [5.41, 5.74) is 4.48. The van der Waals surface area contributed by atoms with E-state index in [9.17, 15) is 9.90 Å². The third-order valence-corrected chi connectivity index (χ3v) is 5.40. The van der Waals surface area contributed by atoms with Crippen LogP contribution in [-0.2, 0) is 0 Å². The molecular weight excluding hydrogens is 322 g/mol. The van der Waals surface area contributed by atoms with Crippen LogP contribution in [0.5, 0.6) is 0 Å². The molecule has 24 heavy (non-hydrogen) atoms. The first-order valence-corrected chi connectivity index (χ1v) is 8.49. The van der Waals surface area contributed by atoms with Gasteiger partial charge in [0.25, 0.3) is 0 Å². The number of aromatic carboxylic acids is 1. The molecule has 0 fully saturated rings. The van der Waals surface area contributed by atoms with Crippen molar-refractivity contribution in [1.29, 1.82) is 0 Å². The largest absolute Gasteiger partial charge is 0.478 e. The number of hydrogen-bond acceptors (Lipinski definition) is 2. The van der Waals surface area contributed by atoms with E-state index in [2.05, 4.69) is 23.5 Å². The van der Waals surface area contributed by atoms with Gasteiger partial charge in [-0.15, -0.1) is 0 Å². The Labute approximate surface area is 146 Å². The molecule has 2 aliphatic rings. The van der Waals surface area contributed by atoms with Crippen molar-refractivity contribution < 1.29 is 9.90 Å². The SMILES string of the molecule is Cc1ccc(C(=O)O)c2c1N[C@H](c1cccc(Cl)c1)[C@@H]1CC=C[C@@H]21. The molecule has 0 spiro atoms. The fourth-order valence-corrected chi connectivity index (χ4v) is 4.27. The van der Waals surface area contributed by atoms with E-state index >= 15 is 0 Å². The maximum Gasteiger partial charge on any atom is 0.336 e. The van der Waals surface area contributed by atoms with Crippen LogP contribution in [0.3, 0.4) is 0 Å². The summed E-state index contributed by atoms with van der Waals surface area (Å²) < 4.78 is 0. The highest BCUT2D eigenvalue weighted by Gasteiger charge is 2.40. The van der Waals surface area contributed by atoms with Crippen molar-refractivity contribution in [3.8, 4) is 0 Å². The minimum absolute atomic E-state index is 0.122. The van der Waals surface area contributed by atoms with Crippen molar-refractivity contribution in [3.63, 3.8) is 0 Å². The molecule has 0 saturated heterocycles. The number of anilines is 1. The number of aryl methyl sites for hydroxylation is 1. The van der Waals surface area contributed by atoms with Gasteiger partial charge in [0, 0.05) is 16.6 Å². The van der Waals surface area contributed by atoms with Gasteiger partial charge in [0.1, 0.15) is 0 Å². The summed E-state index contributed by atoms with van der Waals surface area (Å²) in [4.78, 5) is 11.7. The number of fused-ring (bicyclic) bond motifs is 3. The fraction of sp³-hybridized carbons (Fsp3) is 0.250. The second-order valence-electron chi connectivity index (χ2n) is 6.55. The molecule has 0 aromatic heterocycles. The van der Waals surface area contributed by atoms with Crippen LogP contribution in [0.25, 0.3) is 0 Å². The number of hydrogen-bond donors (Lipinski definition) is 2. The summed E-state index contributed by atoms with van der Waals surface area (Å²) >= 11 is 6.18. The van der Waals surface area contributed by atoms with Gasteiger partial charge in [0.2, 0.25) is 0 Å². The average Bonchev–Trinajstić information content (AvgIpc) is 3.04. The molecule has 4 rings (SSSR count). The first-order valence-electron chi connectivity index (χ1n) is 8.11. The molecular formula is C20H18ClNO2. The molecule has 122 valence electrons. The standard InChI is InChI=1S/C20H18ClNO2/c1-11-8-9-16(20(23)24)17-14-6-3-7-15(14)19(22-18(11)17)12-4-2-5-13(21)10-12/h2-6,8-10,14-15,19,22H,7H2,1H3,(H,23,24)/t14-,15-,19-/m1/s1. The van der Waals surface area contributed by atoms with Crippen molar-refractivity contribution in [2.24, 2.45) is 5.92 Å². The molecule has 0 unspecified atom stereocenters. The topological polar surface area (TPSA) is 49.3 Å². The molecule has 2 aromatic carbocycles. The quantitative estimate of drug-likeness (QED) is 0.742. The first-order chi connectivity index (χ1) is 11.6. The fourth-order valence-electron chi connectivity index (χ4n) is 4.07. The molecule has 0 bridgehead atoms. The summed E-state index contributed by atoms with van der Waals surface area (Å²) in [6.45, 7) is 2.02. The highest BCUT2D eigenvalue weighted by atomic mass is 35.5. The molecule has 3 nitrogen and oxygen atoms in total. The van der Waals surface area contributed by atoms with Crippen molar-refractivity contribution in [2.45, 2.75) is 25.3 Å². The zero-order valence-corrected chi connectivity index (χ0v) is 14.0. The van der Waals surface area contributed by atoms with E-state index in [0.29, 0.717) is 11.5 Å². The van der Waals surface area contributed by atoms with Crippen molar-refractivity contribution in [2.75, 3.05) is 5.32 Å². The lowest BCUT2D eigenvalue weighted by molar-refractivity contribution is 0.0695. The summed E-state index contributed by atoms with van der Waals surface area (Å²) in [7, 11) is 0. The van der Waals surface area contributed by atoms with E-state index in [1.165, 1.54) is 0 Å². The van der Waals surface area contributed by atoms with Gasteiger partial charge in [-0.2, -0.15) is 0 Å². The third kappa shape index (κ3) is 2.31. The van der Waals surface area contributed by atoms with Crippen molar-refractivity contribution in [3.05, 3.63) is 75.8 Å². The van der Waals surface area contributed by atoms with E-state index in [0.717, 1.165) is 33.8 Å². The lowest BCUT2D eigenvalue weighted by Gasteiger charge is -2.39. The van der Waals surface area contributed by atoms with Gasteiger partial charge in [0.05, 0.1) is 11.6 Å². The van der Waals surface area contributed by atoms with E-state index in [-0.39, 0.29) is 12.0 Å². The Hall–Kier alpha value is -2.26. The molecule has 2 N–H and O–H groups in total. The Balaban J connectivity index is 1.88. The van der Waals surface area contributed by atoms with E-state index < -0.39 is 5.97 Å². The zero-order valence-electron chi connectivity index (χ0n) is 13.3. The van der Waals surface area contributed by atoms with Crippen LogP contribution in [0.2, 0.25) is 5.02 Å². The third-order valence-electron chi connectivity index (χ3n) is 5.17. The zero-order chi connectivity index (χ0) is 16.8. The van der Waals surface area contributed by atoms with Gasteiger partial charge in [-0.25, -0.2) is 4.79 Å². The van der Waals surface area contributed by atoms with Crippen LogP contribution in [0.4, 0.5) is 5.69 Å². The smallest absolute Gasteiger partial charge is 0.336 e. The lowest BCUT2D eigenvalue weighted by Crippen LogP contribution is -2.31. The highest BCUT2D eigenvalue weighted by molar-refractivity contribution is 6.30. The van der Waals surface area contributed by atoms with Crippen LogP contribution in [0, 0.1) is 12.8 Å². The average molecular weight is 340 g/mol. The Bertz CT molecular complexity index is 859. The highest BCUT2D eigenvalue weighted by Crippen LogP contribution is 2.51. The van der Waals surface area contributed by atoms with Crippen molar-refractivity contribution in [1.82, 2.24) is 0 Å². The van der Waals surface area contributed by atoms with Crippen LogP contribution in [-0.4, -0.2) is 11.1 Å². The Morgan fingerprint density at radius 3 is 2.88 bits per heavy atom. The number of rotatable bonds is 2. The summed E-state index contributed by atoms with van der Waals surface area (Å²) in [5.74, 6) is -0.444. The molecule has 3 atom stereocenters. The molecule has 1 aliphatic heterocycles. The Kier molecular flexibility index (Phi) is 3.61. The number of allylic oxidation sites excluding steroid dienone is 2. The number of nitrogens with one attached hydrogen (secondary N) is 1. The summed E-state index contributed by atoms with van der Waals surface area (Å²) in [5, 5.41) is 13.9. The summed E-state index contributed by atoms with van der Waals surface area (Å²) in [6, 6.07) is 11.6. The van der Waals surface area contributed by atoms with E-state index in [1.54, 1.807) is 6.07 Å². The van der Waals surface area contributed by atoms with Gasteiger partial charge >= 0.3 is 5.97 Å². The minimum Gasteiger partial charge on any atom is -0.478 e. The van der Waals surface area contributed by atoms with Crippen LogP contribution >= 0.6 is 11.6 Å². The summed E-state index contributed by atoms with van der Waals surface area (Å²) in [6.07, 6.45) is 5.26. The minimum atomic E-state index is -0.867. The van der Waals surface area contributed by atoms with E-state index in [1.807, 2.05) is 31.2 Å². The lowest BCUT2D eigenvalue weighted by atomic mass is 9.75. The molecule has 0 saturated carbocycles. The number of benzene rings is 2. The predicted octanol–water partition coefficient (Wildman–Crippen LogP) is 5.17. The predicted molar refractivity (Wildman–Crippen MR) is 95.9 cm³/mol. The van der Waals surface area contributed by atoms with E-state index in [4.69, 9.17) is 11.6 Å². The Morgan fingerprint density at radius 2 is 2.12 bits per heavy atom.